The molecule has 1 N–H and O–H groups in total. The number of anilines is 2. The van der Waals surface area contributed by atoms with Crippen molar-refractivity contribution >= 4 is 33.2 Å². The van der Waals surface area contributed by atoms with Crippen LogP contribution in [0.15, 0.2) is 30.6 Å². The van der Waals surface area contributed by atoms with Gasteiger partial charge in [-0.2, -0.15) is 0 Å². The van der Waals surface area contributed by atoms with Crippen molar-refractivity contribution in [2.45, 2.75) is 39.0 Å². The first kappa shape index (κ1) is 17.9. The van der Waals surface area contributed by atoms with Gasteiger partial charge < -0.3 is 10.2 Å². The quantitative estimate of drug-likeness (QED) is 0.750. The minimum Gasteiger partial charge on any atom is -0.347 e. The summed E-state index contributed by atoms with van der Waals surface area (Å²) >= 11 is 1.61. The fraction of sp³-hybridized carbons (Fsp3) is 0.474. The highest BCUT2D eigenvalue weighted by atomic mass is 32.1. The molecule has 0 unspecified atom stereocenters. The Kier molecular flexibility index (Phi) is 4.59. The van der Waals surface area contributed by atoms with Crippen molar-refractivity contribution in [3.05, 3.63) is 36.3 Å². The molecular formula is C19H24N6OS. The number of pyridine rings is 1. The predicted octanol–water partition coefficient (Wildman–Crippen LogP) is 3.34. The van der Waals surface area contributed by atoms with Gasteiger partial charge in [-0.1, -0.05) is 38.2 Å². The second kappa shape index (κ2) is 6.92. The van der Waals surface area contributed by atoms with Crippen LogP contribution in [-0.4, -0.2) is 38.6 Å². The number of hydrogen-bond acceptors (Lipinski definition) is 6. The molecule has 0 saturated carbocycles. The fourth-order valence-electron chi connectivity index (χ4n) is 3.18. The fourth-order valence-corrected chi connectivity index (χ4v) is 4.11. The van der Waals surface area contributed by atoms with Gasteiger partial charge in [-0.3, -0.25) is 4.79 Å². The van der Waals surface area contributed by atoms with Crippen LogP contribution in [0.25, 0.3) is 4.96 Å². The van der Waals surface area contributed by atoms with Crippen LogP contribution in [0.4, 0.5) is 10.9 Å². The van der Waals surface area contributed by atoms with Crippen molar-refractivity contribution in [3.63, 3.8) is 0 Å². The minimum absolute atomic E-state index is 0.0137. The maximum atomic E-state index is 12.4. The molecule has 1 fully saturated rings. The molecule has 0 aromatic carbocycles. The van der Waals surface area contributed by atoms with E-state index in [4.69, 9.17) is 10.1 Å². The number of carbonyl (C=O) groups is 1. The number of fused-ring (bicyclic) bond motifs is 1. The van der Waals surface area contributed by atoms with Crippen LogP contribution in [0.2, 0.25) is 0 Å². The molecule has 4 rings (SSSR count). The highest BCUT2D eigenvalue weighted by Gasteiger charge is 2.27. The van der Waals surface area contributed by atoms with Gasteiger partial charge in [0.25, 0.3) is 0 Å². The molecular weight excluding hydrogens is 360 g/mol. The van der Waals surface area contributed by atoms with E-state index in [9.17, 15) is 4.79 Å². The van der Waals surface area contributed by atoms with E-state index in [-0.39, 0.29) is 17.2 Å². The zero-order valence-electron chi connectivity index (χ0n) is 15.8. The van der Waals surface area contributed by atoms with Crippen LogP contribution < -0.4 is 10.2 Å². The van der Waals surface area contributed by atoms with Crippen molar-refractivity contribution in [1.82, 2.24) is 19.6 Å². The zero-order chi connectivity index (χ0) is 19.0. The van der Waals surface area contributed by atoms with Crippen molar-refractivity contribution in [1.29, 1.82) is 0 Å². The topological polar surface area (TPSA) is 75.4 Å². The van der Waals surface area contributed by atoms with E-state index in [1.807, 2.05) is 28.9 Å². The Bertz CT molecular complexity index is 903. The average Bonchev–Trinajstić information content (AvgIpc) is 3.22. The van der Waals surface area contributed by atoms with Crippen LogP contribution in [0, 0.1) is 5.92 Å². The molecule has 1 aliphatic rings. The third-order valence-corrected chi connectivity index (χ3v) is 5.84. The van der Waals surface area contributed by atoms with Crippen LogP contribution >= 0.6 is 11.3 Å². The summed E-state index contributed by atoms with van der Waals surface area (Å²) in [4.78, 5) is 24.5. The molecule has 0 radical (unpaired) electrons. The predicted molar refractivity (Wildman–Crippen MR) is 107 cm³/mol. The highest BCUT2D eigenvalue weighted by molar-refractivity contribution is 7.20. The average molecular weight is 385 g/mol. The number of nitrogens with one attached hydrogen (secondary N) is 1. The summed E-state index contributed by atoms with van der Waals surface area (Å²) in [6, 6.07) is 5.52. The molecule has 4 heterocycles. The summed E-state index contributed by atoms with van der Waals surface area (Å²) in [6.45, 7) is 8.11. The maximum Gasteiger partial charge on any atom is 0.228 e. The molecule has 142 valence electrons. The summed E-state index contributed by atoms with van der Waals surface area (Å²) in [5.41, 5.74) is 1.07. The number of aromatic nitrogens is 4. The molecule has 3 aromatic rings. The van der Waals surface area contributed by atoms with Crippen molar-refractivity contribution in [3.8, 4) is 0 Å². The third-order valence-electron chi connectivity index (χ3n) is 4.85. The number of imidazole rings is 1. The lowest BCUT2D eigenvalue weighted by molar-refractivity contribution is -0.120. The number of hydrogen-bond donors (Lipinski definition) is 1. The van der Waals surface area contributed by atoms with Crippen LogP contribution in [0.1, 0.15) is 39.3 Å². The number of amides is 1. The lowest BCUT2D eigenvalue weighted by atomic mass is 9.93. The van der Waals surface area contributed by atoms with Crippen LogP contribution in [-0.2, 0) is 10.2 Å². The van der Waals surface area contributed by atoms with Gasteiger partial charge in [-0.15, -0.1) is 5.10 Å². The molecule has 27 heavy (non-hydrogen) atoms. The van der Waals surface area contributed by atoms with E-state index >= 15 is 0 Å². The second-order valence-corrected chi connectivity index (χ2v) is 8.89. The van der Waals surface area contributed by atoms with Crippen molar-refractivity contribution in [2.24, 2.45) is 5.92 Å². The van der Waals surface area contributed by atoms with Gasteiger partial charge in [-0.25, -0.2) is 14.5 Å². The van der Waals surface area contributed by atoms with E-state index in [0.29, 0.717) is 5.82 Å². The monoisotopic (exact) mass is 384 g/mol. The number of carbonyl (C=O) groups excluding carboxylic acids is 1. The summed E-state index contributed by atoms with van der Waals surface area (Å²) < 4.78 is 1.88. The van der Waals surface area contributed by atoms with Crippen molar-refractivity contribution in [2.75, 3.05) is 23.3 Å². The molecule has 1 amide bonds. The number of rotatable bonds is 3. The Hall–Kier alpha value is -2.48. The van der Waals surface area contributed by atoms with E-state index in [1.54, 1.807) is 17.5 Å². The lowest BCUT2D eigenvalue weighted by Gasteiger charge is -2.30. The third kappa shape index (κ3) is 3.80. The molecule has 1 saturated heterocycles. The maximum absolute atomic E-state index is 12.4. The Balaban J connectivity index is 1.38. The van der Waals surface area contributed by atoms with Gasteiger partial charge in [0.15, 0.2) is 0 Å². The largest absolute Gasteiger partial charge is 0.347 e. The SMILES string of the molecule is CC(C)(C)c1cn2nc(N3CCC(C(=O)Nc4ccccn4)CC3)sc2n1. The molecule has 7 nitrogen and oxygen atoms in total. The van der Waals surface area contributed by atoms with Gasteiger partial charge in [-0.05, 0) is 25.0 Å². The second-order valence-electron chi connectivity index (χ2n) is 7.95. The zero-order valence-corrected chi connectivity index (χ0v) is 16.7. The Morgan fingerprint density at radius 2 is 2.04 bits per heavy atom. The molecule has 0 bridgehead atoms. The standard InChI is InChI=1S/C19H24N6OS/c1-19(2,3)14-12-25-17(21-14)27-18(23-25)24-10-7-13(8-11-24)16(26)22-15-6-4-5-9-20-15/h4-6,9,12-13H,7-8,10-11H2,1-3H3,(H,20,22,26). The summed E-state index contributed by atoms with van der Waals surface area (Å²) in [7, 11) is 0. The van der Waals surface area contributed by atoms with Gasteiger partial charge >= 0.3 is 0 Å². The van der Waals surface area contributed by atoms with E-state index in [1.165, 1.54) is 0 Å². The van der Waals surface area contributed by atoms with E-state index in [0.717, 1.165) is 41.7 Å². The molecule has 0 aliphatic carbocycles. The molecule has 1 aliphatic heterocycles. The van der Waals surface area contributed by atoms with Gasteiger partial charge in [0.1, 0.15) is 5.82 Å². The van der Waals surface area contributed by atoms with Gasteiger partial charge in [0.05, 0.1) is 11.9 Å². The Morgan fingerprint density at radius 3 is 2.67 bits per heavy atom. The van der Waals surface area contributed by atoms with Gasteiger partial charge in [0, 0.05) is 30.6 Å². The molecule has 0 atom stereocenters. The first-order chi connectivity index (χ1) is 12.9. The van der Waals surface area contributed by atoms with Gasteiger partial charge in [0.2, 0.25) is 16.0 Å². The molecule has 3 aromatic heterocycles. The highest BCUT2D eigenvalue weighted by Crippen LogP contribution is 2.30. The first-order valence-corrected chi connectivity index (χ1v) is 10.1. The van der Waals surface area contributed by atoms with E-state index < -0.39 is 0 Å². The first-order valence-electron chi connectivity index (χ1n) is 9.24. The van der Waals surface area contributed by atoms with E-state index in [2.05, 4.69) is 36.0 Å². The minimum atomic E-state index is 0.0137. The Labute approximate surface area is 162 Å². The van der Waals surface area contributed by atoms with Crippen LogP contribution in [0.3, 0.4) is 0 Å². The molecule has 0 spiro atoms. The molecule has 8 heteroatoms. The van der Waals surface area contributed by atoms with Crippen molar-refractivity contribution < 1.29 is 4.79 Å². The summed E-state index contributed by atoms with van der Waals surface area (Å²) in [6.07, 6.45) is 5.33. The Morgan fingerprint density at radius 1 is 1.26 bits per heavy atom. The number of nitrogens with zero attached hydrogens (tertiary/aromatic N) is 5. The number of piperidine rings is 1. The summed E-state index contributed by atoms with van der Waals surface area (Å²) in [5, 5.41) is 8.58. The smallest absolute Gasteiger partial charge is 0.228 e. The summed E-state index contributed by atoms with van der Waals surface area (Å²) in [5.74, 6) is 0.678. The van der Waals surface area contributed by atoms with Crippen LogP contribution in [0.5, 0.6) is 0 Å². The lowest BCUT2D eigenvalue weighted by Crippen LogP contribution is -2.38. The normalized spacial score (nSPS) is 16.0.